The summed E-state index contributed by atoms with van der Waals surface area (Å²) in [6, 6.07) is 9.17. The molecule has 0 spiro atoms. The Morgan fingerprint density at radius 3 is 2.50 bits per heavy atom. The van der Waals surface area contributed by atoms with Crippen molar-refractivity contribution in [2.45, 2.75) is 24.0 Å². The fourth-order valence-corrected chi connectivity index (χ4v) is 3.26. The van der Waals surface area contributed by atoms with Crippen LogP contribution in [0.5, 0.6) is 0 Å². The number of rotatable bonds is 5. The summed E-state index contributed by atoms with van der Waals surface area (Å²) >= 11 is 7.17. The molecule has 2 N–H and O–H groups in total. The van der Waals surface area contributed by atoms with Gasteiger partial charge in [0, 0.05) is 11.3 Å². The molecule has 6 nitrogen and oxygen atoms in total. The number of aryl methyl sites for hydroxylation is 1. The molecule has 0 atom stereocenters. The van der Waals surface area contributed by atoms with Crippen molar-refractivity contribution in [1.29, 1.82) is 0 Å². The van der Waals surface area contributed by atoms with Crippen LogP contribution in [0, 0.1) is 6.92 Å². The number of benzene rings is 2. The number of hydrogen-bond donors (Lipinski definition) is 2. The first-order valence-corrected chi connectivity index (χ1v) is 9.83. The molecule has 1 heterocycles. The van der Waals surface area contributed by atoms with Crippen molar-refractivity contribution in [2.24, 2.45) is 0 Å². The van der Waals surface area contributed by atoms with Crippen LogP contribution in [0.3, 0.4) is 0 Å². The van der Waals surface area contributed by atoms with Crippen molar-refractivity contribution in [1.82, 2.24) is 15.2 Å². The van der Waals surface area contributed by atoms with Crippen molar-refractivity contribution in [2.75, 3.05) is 5.32 Å². The lowest BCUT2D eigenvalue weighted by molar-refractivity contribution is -0.137. The second kappa shape index (κ2) is 8.88. The molecule has 0 bridgehead atoms. The van der Waals surface area contributed by atoms with Gasteiger partial charge in [0.15, 0.2) is 5.16 Å². The number of carbonyl (C=O) groups is 1. The third kappa shape index (κ3) is 5.39. The SMILES string of the molecule is Cc1nnc(SCc2ccc(C(=O)Nc3cc(C(F)(F)F)ccc3Cl)cc2)[nH]c1=O. The summed E-state index contributed by atoms with van der Waals surface area (Å²) in [4.78, 5) is 26.5. The van der Waals surface area contributed by atoms with Crippen molar-refractivity contribution < 1.29 is 18.0 Å². The van der Waals surface area contributed by atoms with Gasteiger partial charge in [-0.2, -0.15) is 13.2 Å². The van der Waals surface area contributed by atoms with Gasteiger partial charge in [0.2, 0.25) is 0 Å². The number of nitrogens with zero attached hydrogens (tertiary/aromatic N) is 2. The van der Waals surface area contributed by atoms with Gasteiger partial charge in [-0.25, -0.2) is 0 Å². The Morgan fingerprint density at radius 1 is 1.17 bits per heavy atom. The Balaban J connectivity index is 1.66. The second-order valence-corrected chi connectivity index (χ2v) is 7.55. The molecule has 1 aromatic heterocycles. The van der Waals surface area contributed by atoms with Crippen LogP contribution in [-0.4, -0.2) is 21.1 Å². The highest BCUT2D eigenvalue weighted by molar-refractivity contribution is 7.98. The topological polar surface area (TPSA) is 87.7 Å². The van der Waals surface area contributed by atoms with E-state index in [9.17, 15) is 22.8 Å². The smallest absolute Gasteiger partial charge is 0.321 e. The molecular weight excluding hydrogens is 441 g/mol. The Kier molecular flexibility index (Phi) is 6.47. The molecule has 0 fully saturated rings. The first-order valence-electron chi connectivity index (χ1n) is 8.47. The summed E-state index contributed by atoms with van der Waals surface area (Å²) < 4.78 is 38.6. The predicted octanol–water partition coefficient (Wildman–Crippen LogP) is 4.69. The van der Waals surface area contributed by atoms with Crippen LogP contribution >= 0.6 is 23.4 Å². The van der Waals surface area contributed by atoms with Crippen LogP contribution in [-0.2, 0) is 11.9 Å². The molecule has 2 aromatic carbocycles. The monoisotopic (exact) mass is 454 g/mol. The zero-order chi connectivity index (χ0) is 21.9. The first kappa shape index (κ1) is 21.8. The Labute approximate surface area is 177 Å². The zero-order valence-electron chi connectivity index (χ0n) is 15.4. The van der Waals surface area contributed by atoms with Gasteiger partial charge >= 0.3 is 6.18 Å². The average Bonchev–Trinajstić information content (AvgIpc) is 2.70. The summed E-state index contributed by atoms with van der Waals surface area (Å²) in [5, 5.41) is 10.4. The number of halogens is 4. The molecule has 30 heavy (non-hydrogen) atoms. The van der Waals surface area contributed by atoms with Crippen LogP contribution < -0.4 is 10.9 Å². The molecule has 156 valence electrons. The van der Waals surface area contributed by atoms with Crippen LogP contribution in [0.4, 0.5) is 18.9 Å². The van der Waals surface area contributed by atoms with Crippen LogP contribution in [0.25, 0.3) is 0 Å². The van der Waals surface area contributed by atoms with E-state index in [4.69, 9.17) is 11.6 Å². The van der Waals surface area contributed by atoms with Crippen molar-refractivity contribution in [3.05, 3.63) is 80.2 Å². The molecule has 3 aromatic rings. The summed E-state index contributed by atoms with van der Waals surface area (Å²) in [5.74, 6) is -0.126. The van der Waals surface area contributed by atoms with Gasteiger partial charge in [0.25, 0.3) is 11.5 Å². The minimum absolute atomic E-state index is 0.00225. The number of carbonyl (C=O) groups excluding carboxylic acids is 1. The maximum absolute atomic E-state index is 12.9. The third-order valence-corrected chi connectivity index (χ3v) is 5.24. The third-order valence-electron chi connectivity index (χ3n) is 3.97. The number of aromatic amines is 1. The summed E-state index contributed by atoms with van der Waals surface area (Å²) in [6.07, 6.45) is -4.55. The lowest BCUT2D eigenvalue weighted by Gasteiger charge is -2.12. The summed E-state index contributed by atoms with van der Waals surface area (Å²) in [7, 11) is 0. The predicted molar refractivity (Wildman–Crippen MR) is 108 cm³/mol. The maximum atomic E-state index is 12.9. The van der Waals surface area contributed by atoms with E-state index in [2.05, 4.69) is 20.5 Å². The van der Waals surface area contributed by atoms with Gasteiger partial charge in [0.05, 0.1) is 16.3 Å². The van der Waals surface area contributed by atoms with E-state index < -0.39 is 17.6 Å². The molecule has 0 radical (unpaired) electrons. The van der Waals surface area contributed by atoms with Crippen LogP contribution in [0.1, 0.15) is 27.2 Å². The molecule has 3 rings (SSSR count). The van der Waals surface area contributed by atoms with Gasteiger partial charge < -0.3 is 5.32 Å². The normalized spacial score (nSPS) is 11.4. The molecule has 0 aliphatic carbocycles. The van der Waals surface area contributed by atoms with Crippen molar-refractivity contribution in [3.63, 3.8) is 0 Å². The molecular formula is C19H14ClF3N4O2S. The van der Waals surface area contributed by atoms with E-state index in [0.717, 1.165) is 23.8 Å². The number of nitrogens with one attached hydrogen (secondary N) is 2. The van der Waals surface area contributed by atoms with Crippen LogP contribution in [0.2, 0.25) is 5.02 Å². The minimum atomic E-state index is -4.55. The molecule has 0 unspecified atom stereocenters. The first-order chi connectivity index (χ1) is 14.1. The number of hydrogen-bond acceptors (Lipinski definition) is 5. The number of thioether (sulfide) groups is 1. The summed E-state index contributed by atoms with van der Waals surface area (Å²) in [6.45, 7) is 1.55. The summed E-state index contributed by atoms with van der Waals surface area (Å²) in [5.41, 5.74) is 0.0193. The number of alkyl halides is 3. The Hall–Kier alpha value is -2.85. The highest BCUT2D eigenvalue weighted by Gasteiger charge is 2.31. The number of amides is 1. The quantitative estimate of drug-likeness (QED) is 0.546. The highest BCUT2D eigenvalue weighted by Crippen LogP contribution is 2.34. The van der Waals surface area contributed by atoms with Gasteiger partial charge in [-0.3, -0.25) is 14.6 Å². The van der Waals surface area contributed by atoms with E-state index in [1.54, 1.807) is 19.1 Å². The standard InChI is InChI=1S/C19H14ClF3N4O2S/c1-10-16(28)25-18(27-26-10)30-9-11-2-4-12(5-3-11)17(29)24-15-8-13(19(21,22)23)6-7-14(15)20/h2-8H,9H2,1H3,(H,24,29)(H,25,27,28). The highest BCUT2D eigenvalue weighted by atomic mass is 35.5. The second-order valence-electron chi connectivity index (χ2n) is 6.18. The molecule has 0 saturated heterocycles. The molecule has 11 heteroatoms. The number of H-pyrrole nitrogens is 1. The lowest BCUT2D eigenvalue weighted by Crippen LogP contribution is -2.14. The van der Waals surface area contributed by atoms with E-state index >= 15 is 0 Å². The van der Waals surface area contributed by atoms with Gasteiger partial charge in [0.1, 0.15) is 5.69 Å². The van der Waals surface area contributed by atoms with E-state index in [1.165, 1.54) is 23.9 Å². The van der Waals surface area contributed by atoms with Gasteiger partial charge in [-0.15, -0.1) is 10.2 Å². The largest absolute Gasteiger partial charge is 0.416 e. The molecule has 0 aliphatic heterocycles. The fraction of sp³-hybridized carbons (Fsp3) is 0.158. The van der Waals surface area contributed by atoms with Crippen molar-refractivity contribution in [3.8, 4) is 0 Å². The van der Waals surface area contributed by atoms with E-state index in [-0.39, 0.29) is 27.5 Å². The van der Waals surface area contributed by atoms with E-state index in [1.807, 2.05) is 0 Å². The maximum Gasteiger partial charge on any atom is 0.416 e. The number of anilines is 1. The zero-order valence-corrected chi connectivity index (χ0v) is 17.0. The Morgan fingerprint density at radius 2 is 1.87 bits per heavy atom. The van der Waals surface area contributed by atoms with E-state index in [0.29, 0.717) is 10.9 Å². The van der Waals surface area contributed by atoms with Crippen LogP contribution in [0.15, 0.2) is 52.4 Å². The lowest BCUT2D eigenvalue weighted by atomic mass is 10.1. The Bertz CT molecular complexity index is 1130. The minimum Gasteiger partial charge on any atom is -0.321 e. The van der Waals surface area contributed by atoms with Gasteiger partial charge in [-0.05, 0) is 42.8 Å². The molecule has 0 aliphatic rings. The van der Waals surface area contributed by atoms with Crippen molar-refractivity contribution >= 4 is 35.0 Å². The number of aromatic nitrogens is 3. The molecule has 0 saturated carbocycles. The molecule has 1 amide bonds. The average molecular weight is 455 g/mol. The fourth-order valence-electron chi connectivity index (χ4n) is 2.34. The van der Waals surface area contributed by atoms with Gasteiger partial charge in [-0.1, -0.05) is 35.5 Å².